The molecule has 0 radical (unpaired) electrons. The predicted octanol–water partition coefficient (Wildman–Crippen LogP) is 2.22. The van der Waals surface area contributed by atoms with Gasteiger partial charge in [-0.25, -0.2) is 0 Å². The van der Waals surface area contributed by atoms with Gasteiger partial charge in [-0.05, 0) is 24.3 Å². The van der Waals surface area contributed by atoms with Gasteiger partial charge in [-0.2, -0.15) is 0 Å². The third-order valence-corrected chi connectivity index (χ3v) is 2.79. The third-order valence-electron chi connectivity index (χ3n) is 1.68. The van der Waals surface area contributed by atoms with E-state index in [1.807, 2.05) is 31.2 Å². The van der Waals surface area contributed by atoms with Crippen LogP contribution in [0.3, 0.4) is 0 Å². The Morgan fingerprint density at radius 2 is 2.07 bits per heavy atom. The van der Waals surface area contributed by atoms with E-state index in [1.165, 1.54) is 0 Å². The van der Waals surface area contributed by atoms with Crippen molar-refractivity contribution in [2.75, 3.05) is 5.73 Å². The van der Waals surface area contributed by atoms with Crippen LogP contribution < -0.4 is 5.73 Å². The number of nitrogen functional groups attached to an aromatic ring is 1. The SMILES string of the molecule is CC(CC(=O)O)Sc1ccc(N)cc1. The molecule has 0 amide bonds. The molecule has 3 N–H and O–H groups in total. The standard InChI is InChI=1S/C10H13NO2S/c1-7(6-10(12)13)14-9-4-2-8(11)3-5-9/h2-5,7H,6,11H2,1H3,(H,12,13). The number of thioether (sulfide) groups is 1. The van der Waals surface area contributed by atoms with Crippen molar-refractivity contribution < 1.29 is 9.90 Å². The molecule has 1 aromatic rings. The van der Waals surface area contributed by atoms with E-state index in [2.05, 4.69) is 0 Å². The van der Waals surface area contributed by atoms with Crippen molar-refractivity contribution in [1.82, 2.24) is 0 Å². The predicted molar refractivity (Wildman–Crippen MR) is 58.4 cm³/mol. The molecule has 0 heterocycles. The summed E-state index contributed by atoms with van der Waals surface area (Å²) in [6, 6.07) is 7.43. The highest BCUT2D eigenvalue weighted by Crippen LogP contribution is 2.25. The average molecular weight is 211 g/mol. The third kappa shape index (κ3) is 3.70. The molecule has 14 heavy (non-hydrogen) atoms. The molecule has 0 saturated carbocycles. The molecule has 0 aliphatic rings. The van der Waals surface area contributed by atoms with Crippen LogP contribution in [0.25, 0.3) is 0 Å². The number of hydrogen-bond acceptors (Lipinski definition) is 3. The Bertz CT molecular complexity index is 310. The van der Waals surface area contributed by atoms with E-state index in [9.17, 15) is 4.79 Å². The van der Waals surface area contributed by atoms with Crippen molar-refractivity contribution in [1.29, 1.82) is 0 Å². The number of aliphatic carboxylic acids is 1. The Labute approximate surface area is 87.3 Å². The summed E-state index contributed by atoms with van der Waals surface area (Å²) >= 11 is 1.54. The maximum absolute atomic E-state index is 10.4. The van der Waals surface area contributed by atoms with Gasteiger partial charge in [-0.15, -0.1) is 11.8 Å². The lowest BCUT2D eigenvalue weighted by molar-refractivity contribution is -0.136. The number of carboxylic acid groups (broad SMARTS) is 1. The van der Waals surface area contributed by atoms with Crippen molar-refractivity contribution in [3.05, 3.63) is 24.3 Å². The maximum Gasteiger partial charge on any atom is 0.304 e. The summed E-state index contributed by atoms with van der Waals surface area (Å²) in [5, 5.41) is 8.65. The molecule has 1 unspecified atom stereocenters. The van der Waals surface area contributed by atoms with Gasteiger partial charge >= 0.3 is 5.97 Å². The quantitative estimate of drug-likeness (QED) is 0.592. The van der Waals surface area contributed by atoms with E-state index < -0.39 is 5.97 Å². The number of hydrogen-bond donors (Lipinski definition) is 2. The van der Waals surface area contributed by atoms with Crippen molar-refractivity contribution in [2.24, 2.45) is 0 Å². The van der Waals surface area contributed by atoms with Gasteiger partial charge in [0.1, 0.15) is 0 Å². The highest BCUT2D eigenvalue weighted by molar-refractivity contribution is 8.00. The molecule has 1 aromatic carbocycles. The second kappa shape index (κ2) is 4.91. The van der Waals surface area contributed by atoms with Gasteiger partial charge in [0.2, 0.25) is 0 Å². The molecule has 0 aliphatic carbocycles. The molecule has 4 heteroatoms. The lowest BCUT2D eigenvalue weighted by atomic mass is 10.3. The second-order valence-corrected chi connectivity index (χ2v) is 4.61. The summed E-state index contributed by atoms with van der Waals surface area (Å²) in [6.45, 7) is 1.90. The van der Waals surface area contributed by atoms with Crippen molar-refractivity contribution >= 4 is 23.4 Å². The molecule has 0 fully saturated rings. The fraction of sp³-hybridized carbons (Fsp3) is 0.300. The Morgan fingerprint density at radius 1 is 1.50 bits per heavy atom. The number of anilines is 1. The van der Waals surface area contributed by atoms with Crippen molar-refractivity contribution in [3.8, 4) is 0 Å². The summed E-state index contributed by atoms with van der Waals surface area (Å²) in [5.41, 5.74) is 6.26. The number of benzene rings is 1. The smallest absolute Gasteiger partial charge is 0.304 e. The minimum Gasteiger partial charge on any atom is -0.481 e. The zero-order valence-corrected chi connectivity index (χ0v) is 8.75. The van der Waals surface area contributed by atoms with Crippen molar-refractivity contribution in [2.45, 2.75) is 23.5 Å². The van der Waals surface area contributed by atoms with E-state index in [0.717, 1.165) is 10.6 Å². The van der Waals surface area contributed by atoms with Gasteiger partial charge in [0.05, 0.1) is 6.42 Å². The number of rotatable bonds is 4. The zero-order chi connectivity index (χ0) is 10.6. The fourth-order valence-electron chi connectivity index (χ4n) is 1.07. The van der Waals surface area contributed by atoms with Crippen LogP contribution in [0.1, 0.15) is 13.3 Å². The van der Waals surface area contributed by atoms with E-state index in [-0.39, 0.29) is 11.7 Å². The van der Waals surface area contributed by atoms with E-state index >= 15 is 0 Å². The van der Waals surface area contributed by atoms with Gasteiger partial charge in [0, 0.05) is 15.8 Å². The normalized spacial score (nSPS) is 12.4. The van der Waals surface area contributed by atoms with E-state index in [4.69, 9.17) is 10.8 Å². The Kier molecular flexibility index (Phi) is 3.83. The molecular weight excluding hydrogens is 198 g/mol. The first-order valence-electron chi connectivity index (χ1n) is 4.32. The molecule has 76 valence electrons. The molecule has 1 atom stereocenters. The van der Waals surface area contributed by atoms with E-state index in [0.29, 0.717) is 0 Å². The topological polar surface area (TPSA) is 63.3 Å². The van der Waals surface area contributed by atoms with Crippen LogP contribution in [-0.2, 0) is 4.79 Å². The van der Waals surface area contributed by atoms with Crippen LogP contribution >= 0.6 is 11.8 Å². The lowest BCUT2D eigenvalue weighted by Crippen LogP contribution is -2.05. The monoisotopic (exact) mass is 211 g/mol. The summed E-state index contributed by atoms with van der Waals surface area (Å²) in [4.78, 5) is 11.5. The number of carboxylic acids is 1. The molecule has 3 nitrogen and oxygen atoms in total. The lowest BCUT2D eigenvalue weighted by Gasteiger charge is -2.07. The Morgan fingerprint density at radius 3 is 2.57 bits per heavy atom. The first-order valence-corrected chi connectivity index (χ1v) is 5.20. The van der Waals surface area contributed by atoms with Gasteiger partial charge in [0.25, 0.3) is 0 Å². The first-order chi connectivity index (χ1) is 6.58. The largest absolute Gasteiger partial charge is 0.481 e. The summed E-state index contributed by atoms with van der Waals surface area (Å²) in [7, 11) is 0. The van der Waals surface area contributed by atoms with Gasteiger partial charge < -0.3 is 10.8 Å². The number of nitrogens with two attached hydrogens (primary N) is 1. The molecule has 0 aliphatic heterocycles. The first kappa shape index (κ1) is 10.9. The zero-order valence-electron chi connectivity index (χ0n) is 7.93. The molecule has 0 aromatic heterocycles. The second-order valence-electron chi connectivity index (χ2n) is 3.10. The van der Waals surface area contributed by atoms with Crippen LogP contribution in [0.4, 0.5) is 5.69 Å². The maximum atomic E-state index is 10.4. The number of carbonyl (C=O) groups is 1. The van der Waals surface area contributed by atoms with Gasteiger partial charge in [-0.1, -0.05) is 6.92 Å². The summed E-state index contributed by atoms with van der Waals surface area (Å²) in [5.74, 6) is -0.763. The highest BCUT2D eigenvalue weighted by atomic mass is 32.2. The highest BCUT2D eigenvalue weighted by Gasteiger charge is 2.08. The van der Waals surface area contributed by atoms with Gasteiger partial charge in [-0.3, -0.25) is 4.79 Å². The average Bonchev–Trinajstić information content (AvgIpc) is 2.07. The fourth-order valence-corrected chi connectivity index (χ4v) is 2.05. The van der Waals surface area contributed by atoms with Crippen LogP contribution in [0.5, 0.6) is 0 Å². The van der Waals surface area contributed by atoms with Crippen LogP contribution in [0, 0.1) is 0 Å². The molecule has 0 spiro atoms. The van der Waals surface area contributed by atoms with Gasteiger partial charge in [0.15, 0.2) is 0 Å². The minimum absolute atomic E-state index is 0.0797. The van der Waals surface area contributed by atoms with Crippen LogP contribution in [0.2, 0.25) is 0 Å². The minimum atomic E-state index is -0.763. The molecule has 1 rings (SSSR count). The molecule has 0 bridgehead atoms. The Hall–Kier alpha value is -1.16. The molecule has 0 saturated heterocycles. The van der Waals surface area contributed by atoms with Crippen LogP contribution in [-0.4, -0.2) is 16.3 Å². The van der Waals surface area contributed by atoms with Crippen molar-refractivity contribution in [3.63, 3.8) is 0 Å². The molecular formula is C10H13NO2S. The Balaban J connectivity index is 2.51. The summed E-state index contributed by atoms with van der Waals surface area (Å²) < 4.78 is 0. The van der Waals surface area contributed by atoms with Crippen LogP contribution in [0.15, 0.2) is 29.2 Å². The summed E-state index contributed by atoms with van der Waals surface area (Å²) in [6.07, 6.45) is 0.176. The van der Waals surface area contributed by atoms with E-state index in [1.54, 1.807) is 11.8 Å².